The van der Waals surface area contributed by atoms with Crippen LogP contribution in [-0.4, -0.2) is 18.7 Å². The number of carbonyl (C=O) groups excluding carboxylic acids is 2. The van der Waals surface area contributed by atoms with Crippen molar-refractivity contribution in [3.05, 3.63) is 12.7 Å². The van der Waals surface area contributed by atoms with E-state index in [1.54, 1.807) is 0 Å². The SMILES string of the molecule is C=CCN=C=O.NC(N)=O. The van der Waals surface area contributed by atoms with Crippen molar-refractivity contribution < 1.29 is 9.59 Å². The molecule has 0 bridgehead atoms. The Kier molecular flexibility index (Phi) is 11.7. The van der Waals surface area contributed by atoms with E-state index in [-0.39, 0.29) is 0 Å². The molecule has 5 nitrogen and oxygen atoms in total. The summed E-state index contributed by atoms with van der Waals surface area (Å²) in [5.74, 6) is 0. The first-order valence-electron chi connectivity index (χ1n) is 2.34. The normalized spacial score (nSPS) is 6.00. The molecule has 0 rings (SSSR count). The first kappa shape index (κ1) is 11.2. The van der Waals surface area contributed by atoms with Crippen LogP contribution in [0, 0.1) is 0 Å². The monoisotopic (exact) mass is 143 g/mol. The van der Waals surface area contributed by atoms with Gasteiger partial charge in [0.15, 0.2) is 0 Å². The summed E-state index contributed by atoms with van der Waals surface area (Å²) < 4.78 is 0. The van der Waals surface area contributed by atoms with Gasteiger partial charge in [-0.25, -0.2) is 14.6 Å². The van der Waals surface area contributed by atoms with Crippen molar-refractivity contribution in [2.45, 2.75) is 0 Å². The molecule has 0 atom stereocenters. The molecule has 0 fully saturated rings. The number of aliphatic imine (C=N–C) groups is 1. The second kappa shape index (κ2) is 10.4. The summed E-state index contributed by atoms with van der Waals surface area (Å²) in [5, 5.41) is 0. The highest BCUT2D eigenvalue weighted by atomic mass is 16.2. The van der Waals surface area contributed by atoms with Crippen LogP contribution in [0.15, 0.2) is 17.6 Å². The average molecular weight is 143 g/mol. The van der Waals surface area contributed by atoms with Crippen LogP contribution in [0.1, 0.15) is 0 Å². The van der Waals surface area contributed by atoms with Crippen molar-refractivity contribution in [2.24, 2.45) is 16.5 Å². The van der Waals surface area contributed by atoms with Gasteiger partial charge < -0.3 is 11.5 Å². The van der Waals surface area contributed by atoms with Gasteiger partial charge in [-0.1, -0.05) is 6.08 Å². The molecule has 0 aliphatic carbocycles. The minimum absolute atomic E-state index is 0.378. The van der Waals surface area contributed by atoms with Crippen LogP contribution in [0.4, 0.5) is 4.79 Å². The van der Waals surface area contributed by atoms with Crippen molar-refractivity contribution in [1.82, 2.24) is 0 Å². The molecule has 0 saturated heterocycles. The molecule has 0 heterocycles. The minimum atomic E-state index is -0.833. The fourth-order valence-corrected chi connectivity index (χ4v) is 0.102. The molecule has 0 unspecified atom stereocenters. The molecule has 0 radical (unpaired) electrons. The van der Waals surface area contributed by atoms with Gasteiger partial charge in [0, 0.05) is 0 Å². The van der Waals surface area contributed by atoms with Gasteiger partial charge in [-0.05, 0) is 0 Å². The lowest BCUT2D eigenvalue weighted by atomic mass is 10.7. The molecular formula is C5H9N3O2. The Hall–Kier alpha value is -1.61. The molecule has 0 spiro atoms. The minimum Gasteiger partial charge on any atom is -0.352 e. The second-order valence-electron chi connectivity index (χ2n) is 1.12. The van der Waals surface area contributed by atoms with Crippen LogP contribution < -0.4 is 11.5 Å². The van der Waals surface area contributed by atoms with Gasteiger partial charge in [-0.15, -0.1) is 6.58 Å². The number of amides is 2. The van der Waals surface area contributed by atoms with E-state index >= 15 is 0 Å². The zero-order chi connectivity index (χ0) is 8.41. The van der Waals surface area contributed by atoms with Crippen molar-refractivity contribution in [3.63, 3.8) is 0 Å². The number of carbonyl (C=O) groups is 1. The highest BCUT2D eigenvalue weighted by molar-refractivity contribution is 5.69. The van der Waals surface area contributed by atoms with Crippen LogP contribution in [0.25, 0.3) is 0 Å². The molecule has 0 aromatic carbocycles. The predicted octanol–water partition coefficient (Wildman–Crippen LogP) is -0.468. The Morgan fingerprint density at radius 1 is 1.70 bits per heavy atom. The summed E-state index contributed by atoms with van der Waals surface area (Å²) in [6.45, 7) is 3.70. The van der Waals surface area contributed by atoms with Gasteiger partial charge in [-0.3, -0.25) is 0 Å². The molecule has 0 saturated carbocycles. The first-order valence-corrected chi connectivity index (χ1v) is 2.34. The summed E-state index contributed by atoms with van der Waals surface area (Å²) in [6.07, 6.45) is 2.90. The zero-order valence-corrected chi connectivity index (χ0v) is 5.41. The number of nitrogens with zero attached hydrogens (tertiary/aromatic N) is 1. The van der Waals surface area contributed by atoms with Crippen molar-refractivity contribution in [2.75, 3.05) is 6.54 Å². The third kappa shape index (κ3) is 96.1. The lowest BCUT2D eigenvalue weighted by Crippen LogP contribution is -2.18. The quantitative estimate of drug-likeness (QED) is 0.310. The van der Waals surface area contributed by atoms with E-state index in [0.29, 0.717) is 6.54 Å². The molecule has 0 aliphatic rings. The Morgan fingerprint density at radius 2 is 2.10 bits per heavy atom. The van der Waals surface area contributed by atoms with E-state index in [9.17, 15) is 4.79 Å². The molecule has 5 heteroatoms. The maximum absolute atomic E-state index is 9.22. The lowest BCUT2D eigenvalue weighted by Gasteiger charge is -1.64. The predicted molar refractivity (Wildman–Crippen MR) is 37.0 cm³/mol. The van der Waals surface area contributed by atoms with Crippen molar-refractivity contribution in [1.29, 1.82) is 0 Å². The van der Waals surface area contributed by atoms with E-state index in [2.05, 4.69) is 23.0 Å². The largest absolute Gasteiger partial charge is 0.352 e. The van der Waals surface area contributed by atoms with E-state index in [0.717, 1.165) is 0 Å². The molecule has 0 aromatic rings. The zero-order valence-electron chi connectivity index (χ0n) is 5.41. The molecule has 0 aliphatic heterocycles. The number of nitrogens with two attached hydrogens (primary N) is 2. The third-order valence-corrected chi connectivity index (χ3v) is 0.285. The Morgan fingerprint density at radius 3 is 2.20 bits per heavy atom. The highest BCUT2D eigenvalue weighted by Gasteiger charge is 1.60. The molecular weight excluding hydrogens is 134 g/mol. The van der Waals surface area contributed by atoms with E-state index in [4.69, 9.17) is 4.79 Å². The Balaban J connectivity index is 0. The Bertz CT molecular complexity index is 145. The number of rotatable bonds is 2. The van der Waals surface area contributed by atoms with Crippen LogP contribution in [0.3, 0.4) is 0 Å². The maximum atomic E-state index is 9.22. The molecule has 0 aromatic heterocycles. The van der Waals surface area contributed by atoms with Crippen molar-refractivity contribution >= 4 is 12.1 Å². The molecule has 2 amide bonds. The average Bonchev–Trinajstić information content (AvgIpc) is 1.82. The van der Waals surface area contributed by atoms with Gasteiger partial charge in [0.25, 0.3) is 0 Å². The van der Waals surface area contributed by atoms with E-state index in [1.807, 2.05) is 0 Å². The fourth-order valence-electron chi connectivity index (χ4n) is 0.102. The van der Waals surface area contributed by atoms with E-state index in [1.165, 1.54) is 12.2 Å². The summed E-state index contributed by atoms with van der Waals surface area (Å²) in [7, 11) is 0. The number of urea groups is 1. The second-order valence-corrected chi connectivity index (χ2v) is 1.12. The highest BCUT2D eigenvalue weighted by Crippen LogP contribution is 1.61. The van der Waals surface area contributed by atoms with Crippen LogP contribution in [-0.2, 0) is 4.79 Å². The van der Waals surface area contributed by atoms with Crippen LogP contribution >= 0.6 is 0 Å². The maximum Gasteiger partial charge on any atom is 0.309 e. The third-order valence-electron chi connectivity index (χ3n) is 0.285. The Labute approximate surface area is 58.4 Å². The summed E-state index contributed by atoms with van der Waals surface area (Å²) in [6, 6.07) is -0.833. The topological polar surface area (TPSA) is 98.5 Å². The molecule has 4 N–H and O–H groups in total. The summed E-state index contributed by atoms with van der Waals surface area (Å²) in [5.41, 5.74) is 8.50. The number of primary amides is 2. The van der Waals surface area contributed by atoms with Gasteiger partial charge in [0.2, 0.25) is 6.08 Å². The molecule has 10 heavy (non-hydrogen) atoms. The van der Waals surface area contributed by atoms with Gasteiger partial charge in [-0.2, -0.15) is 0 Å². The number of hydrogen-bond acceptors (Lipinski definition) is 3. The summed E-state index contributed by atoms with van der Waals surface area (Å²) in [4.78, 5) is 21.4. The lowest BCUT2D eigenvalue weighted by molar-refractivity contribution is 0.256. The number of isocyanates is 1. The van der Waals surface area contributed by atoms with Crippen LogP contribution in [0.5, 0.6) is 0 Å². The number of hydrogen-bond donors (Lipinski definition) is 2. The van der Waals surface area contributed by atoms with E-state index < -0.39 is 6.03 Å². The summed E-state index contributed by atoms with van der Waals surface area (Å²) >= 11 is 0. The van der Waals surface area contributed by atoms with Gasteiger partial charge in [0.1, 0.15) is 0 Å². The fraction of sp³-hybridized carbons (Fsp3) is 0.200. The smallest absolute Gasteiger partial charge is 0.309 e. The molecule has 56 valence electrons. The first-order chi connectivity index (χ1) is 4.65. The van der Waals surface area contributed by atoms with Gasteiger partial charge in [0.05, 0.1) is 6.54 Å². The van der Waals surface area contributed by atoms with Gasteiger partial charge >= 0.3 is 6.03 Å². The van der Waals surface area contributed by atoms with Crippen molar-refractivity contribution in [3.8, 4) is 0 Å². The standard InChI is InChI=1S/C4H5NO.CH4N2O/c1-2-3-5-4-6;2-1(3)4/h2H,1,3H2;(H4,2,3,4). The van der Waals surface area contributed by atoms with Crippen LogP contribution in [0.2, 0.25) is 0 Å².